The van der Waals surface area contributed by atoms with Gasteiger partial charge in [-0.25, -0.2) is 4.39 Å². The van der Waals surface area contributed by atoms with E-state index in [9.17, 15) is 14.3 Å². The number of ether oxygens (including phenoxy) is 2. The van der Waals surface area contributed by atoms with Gasteiger partial charge in [0.15, 0.2) is 0 Å². The van der Waals surface area contributed by atoms with E-state index < -0.39 is 11.7 Å². The summed E-state index contributed by atoms with van der Waals surface area (Å²) < 4.78 is 25.5. The third kappa shape index (κ3) is 4.01. The number of nitrogens with zero attached hydrogens (tertiary/aromatic N) is 1. The Hall–Kier alpha value is -2.60. The molecule has 0 radical (unpaired) electrons. The molecule has 1 spiro atoms. The zero-order valence-electron chi connectivity index (χ0n) is 17.7. The number of aliphatic hydroxyl groups excluding tert-OH is 1. The standard InChI is InChI=1S/C24H28FNO4/c1-15(2)29-21-6-4-17(12-16(21)3)23(28)26-10-8-24(9-11-26)14-20(27)19-13-18(25)5-7-22(19)30-24/h4-7,12-13,15,20,27H,8-11,14H2,1-3H3/t20-/m0/s1. The van der Waals surface area contributed by atoms with Gasteiger partial charge in [-0.05, 0) is 62.7 Å². The Morgan fingerprint density at radius 1 is 1.23 bits per heavy atom. The van der Waals surface area contributed by atoms with Crippen LogP contribution < -0.4 is 9.47 Å². The number of piperidine rings is 1. The summed E-state index contributed by atoms with van der Waals surface area (Å²) in [5.74, 6) is 0.931. The molecule has 30 heavy (non-hydrogen) atoms. The van der Waals surface area contributed by atoms with Crippen LogP contribution in [-0.4, -0.2) is 40.7 Å². The third-order valence-electron chi connectivity index (χ3n) is 5.97. The largest absolute Gasteiger partial charge is 0.491 e. The molecule has 160 valence electrons. The normalized spacial score (nSPS) is 20.1. The average molecular weight is 413 g/mol. The van der Waals surface area contributed by atoms with Gasteiger partial charge in [-0.15, -0.1) is 0 Å². The Kier molecular flexibility index (Phi) is 5.45. The molecule has 1 N–H and O–H groups in total. The molecule has 2 aromatic carbocycles. The number of hydrogen-bond donors (Lipinski definition) is 1. The second kappa shape index (κ2) is 7.91. The molecule has 1 saturated heterocycles. The minimum atomic E-state index is -0.761. The van der Waals surface area contributed by atoms with E-state index in [1.165, 1.54) is 12.1 Å². The molecule has 1 atom stereocenters. The zero-order chi connectivity index (χ0) is 21.5. The smallest absolute Gasteiger partial charge is 0.253 e. The van der Waals surface area contributed by atoms with Crippen LogP contribution in [0.2, 0.25) is 0 Å². The fourth-order valence-electron chi connectivity index (χ4n) is 4.38. The van der Waals surface area contributed by atoms with Crippen molar-refractivity contribution in [1.29, 1.82) is 0 Å². The summed E-state index contributed by atoms with van der Waals surface area (Å²) in [7, 11) is 0. The summed E-state index contributed by atoms with van der Waals surface area (Å²) in [4.78, 5) is 14.8. The number of rotatable bonds is 3. The Bertz CT molecular complexity index is 950. The Morgan fingerprint density at radius 2 is 1.97 bits per heavy atom. The van der Waals surface area contributed by atoms with Gasteiger partial charge in [0.25, 0.3) is 5.91 Å². The molecule has 1 amide bonds. The Morgan fingerprint density at radius 3 is 2.63 bits per heavy atom. The molecule has 0 bridgehead atoms. The third-order valence-corrected chi connectivity index (χ3v) is 5.97. The van der Waals surface area contributed by atoms with Crippen LogP contribution in [0.4, 0.5) is 4.39 Å². The number of aliphatic hydroxyl groups is 1. The molecule has 2 heterocycles. The molecule has 0 aliphatic carbocycles. The highest BCUT2D eigenvalue weighted by atomic mass is 19.1. The highest BCUT2D eigenvalue weighted by Crippen LogP contribution is 2.44. The second-order valence-electron chi connectivity index (χ2n) is 8.63. The van der Waals surface area contributed by atoms with Crippen molar-refractivity contribution in [2.75, 3.05) is 13.1 Å². The number of aryl methyl sites for hydroxylation is 1. The first-order valence-electron chi connectivity index (χ1n) is 10.5. The fraction of sp³-hybridized carbons (Fsp3) is 0.458. The quantitative estimate of drug-likeness (QED) is 0.810. The van der Waals surface area contributed by atoms with Crippen LogP contribution in [0.15, 0.2) is 36.4 Å². The maximum atomic E-state index is 13.5. The maximum absolute atomic E-state index is 13.5. The van der Waals surface area contributed by atoms with Gasteiger partial charge in [-0.2, -0.15) is 0 Å². The van der Waals surface area contributed by atoms with Crippen molar-refractivity contribution in [2.24, 2.45) is 0 Å². The lowest BCUT2D eigenvalue weighted by Gasteiger charge is -2.46. The van der Waals surface area contributed by atoms with Crippen molar-refractivity contribution in [3.05, 3.63) is 58.9 Å². The zero-order valence-corrected chi connectivity index (χ0v) is 17.7. The lowest BCUT2D eigenvalue weighted by Crippen LogP contribution is -2.51. The predicted molar refractivity (Wildman–Crippen MR) is 111 cm³/mol. The van der Waals surface area contributed by atoms with Gasteiger partial charge >= 0.3 is 0 Å². The average Bonchev–Trinajstić information content (AvgIpc) is 2.70. The highest BCUT2D eigenvalue weighted by molar-refractivity contribution is 5.94. The Balaban J connectivity index is 1.44. The molecular formula is C24H28FNO4. The predicted octanol–water partition coefficient (Wildman–Crippen LogP) is 4.41. The van der Waals surface area contributed by atoms with E-state index in [-0.39, 0.29) is 17.8 Å². The van der Waals surface area contributed by atoms with Gasteiger partial charge in [0.1, 0.15) is 22.9 Å². The first-order valence-corrected chi connectivity index (χ1v) is 10.5. The van der Waals surface area contributed by atoms with Crippen LogP contribution >= 0.6 is 0 Å². The summed E-state index contributed by atoms with van der Waals surface area (Å²) in [5, 5.41) is 10.5. The van der Waals surface area contributed by atoms with E-state index in [0.717, 1.165) is 11.3 Å². The molecule has 5 nitrogen and oxygen atoms in total. The molecular weight excluding hydrogens is 385 g/mol. The number of fused-ring (bicyclic) bond motifs is 1. The van der Waals surface area contributed by atoms with E-state index in [1.807, 2.05) is 43.9 Å². The summed E-state index contributed by atoms with van der Waals surface area (Å²) >= 11 is 0. The van der Waals surface area contributed by atoms with Gasteiger partial charge < -0.3 is 19.5 Å². The molecule has 1 fully saturated rings. The highest BCUT2D eigenvalue weighted by Gasteiger charge is 2.43. The maximum Gasteiger partial charge on any atom is 0.253 e. The summed E-state index contributed by atoms with van der Waals surface area (Å²) in [6, 6.07) is 9.79. The van der Waals surface area contributed by atoms with Gasteiger partial charge in [-0.3, -0.25) is 4.79 Å². The van der Waals surface area contributed by atoms with Gasteiger partial charge in [0, 0.05) is 43.5 Å². The van der Waals surface area contributed by atoms with Crippen molar-refractivity contribution in [1.82, 2.24) is 4.90 Å². The molecule has 2 aliphatic rings. The number of benzene rings is 2. The van der Waals surface area contributed by atoms with Crippen molar-refractivity contribution in [3.8, 4) is 11.5 Å². The minimum Gasteiger partial charge on any atom is -0.491 e. The number of amides is 1. The molecule has 2 aromatic rings. The van der Waals surface area contributed by atoms with Crippen LogP contribution in [-0.2, 0) is 0 Å². The van der Waals surface area contributed by atoms with E-state index in [1.54, 1.807) is 6.07 Å². The number of carbonyl (C=O) groups is 1. The first-order chi connectivity index (χ1) is 14.3. The van der Waals surface area contributed by atoms with E-state index >= 15 is 0 Å². The monoisotopic (exact) mass is 413 g/mol. The molecule has 6 heteroatoms. The van der Waals surface area contributed by atoms with Gasteiger partial charge in [0.2, 0.25) is 0 Å². The van der Waals surface area contributed by atoms with Crippen LogP contribution in [0.1, 0.15) is 60.7 Å². The number of halogens is 1. The van der Waals surface area contributed by atoms with Crippen molar-refractivity contribution in [3.63, 3.8) is 0 Å². The number of hydrogen-bond acceptors (Lipinski definition) is 4. The number of likely N-dealkylation sites (tertiary alicyclic amines) is 1. The molecule has 0 saturated carbocycles. The second-order valence-corrected chi connectivity index (χ2v) is 8.63. The summed E-state index contributed by atoms with van der Waals surface area (Å²) in [5.41, 5.74) is 1.56. The lowest BCUT2D eigenvalue weighted by atomic mass is 9.81. The first kappa shape index (κ1) is 20.7. The van der Waals surface area contributed by atoms with Crippen LogP contribution in [0.25, 0.3) is 0 Å². The summed E-state index contributed by atoms with van der Waals surface area (Å²) in [6.07, 6.45) is 0.977. The van der Waals surface area contributed by atoms with Crippen molar-refractivity contribution in [2.45, 2.75) is 57.8 Å². The van der Waals surface area contributed by atoms with Crippen LogP contribution in [0.3, 0.4) is 0 Å². The molecule has 4 rings (SSSR count). The topological polar surface area (TPSA) is 59.0 Å². The van der Waals surface area contributed by atoms with Crippen LogP contribution in [0.5, 0.6) is 11.5 Å². The Labute approximate surface area is 176 Å². The molecule has 0 unspecified atom stereocenters. The SMILES string of the molecule is Cc1cc(C(=O)N2CCC3(CC2)C[C@H](O)c2cc(F)ccc2O3)ccc1OC(C)C. The van der Waals surface area contributed by atoms with Gasteiger partial charge in [-0.1, -0.05) is 0 Å². The van der Waals surface area contributed by atoms with Crippen LogP contribution in [0, 0.1) is 12.7 Å². The minimum absolute atomic E-state index is 0.0112. The van der Waals surface area contributed by atoms with Crippen molar-refractivity contribution >= 4 is 5.91 Å². The van der Waals surface area contributed by atoms with Crippen molar-refractivity contribution < 1.29 is 23.8 Å². The summed E-state index contributed by atoms with van der Waals surface area (Å²) in [6.45, 7) is 6.98. The van der Waals surface area contributed by atoms with E-state index in [4.69, 9.17) is 9.47 Å². The van der Waals surface area contributed by atoms with E-state index in [0.29, 0.717) is 49.2 Å². The lowest BCUT2D eigenvalue weighted by molar-refractivity contribution is -0.0497. The van der Waals surface area contributed by atoms with E-state index in [2.05, 4.69) is 0 Å². The van der Waals surface area contributed by atoms with Gasteiger partial charge in [0.05, 0.1) is 12.2 Å². The molecule has 2 aliphatic heterocycles. The molecule has 0 aromatic heterocycles. The fourth-order valence-corrected chi connectivity index (χ4v) is 4.38. The number of carbonyl (C=O) groups excluding carboxylic acids is 1.